The maximum absolute atomic E-state index is 13.1. The number of benzene rings is 1. The van der Waals surface area contributed by atoms with E-state index in [-0.39, 0.29) is 29.3 Å². The lowest BCUT2D eigenvalue weighted by Gasteiger charge is -2.31. The Labute approximate surface area is 126 Å². The molecule has 122 valence electrons. The number of piperidine rings is 1. The van der Waals surface area contributed by atoms with Crippen molar-refractivity contribution in [3.8, 4) is 5.75 Å². The van der Waals surface area contributed by atoms with Crippen LogP contribution in [0.4, 0.5) is 8.78 Å². The van der Waals surface area contributed by atoms with Crippen LogP contribution in [-0.4, -0.2) is 44.8 Å². The quantitative estimate of drug-likeness (QED) is 0.896. The largest absolute Gasteiger partial charge is 0.496 e. The number of alkyl halides is 2. The molecule has 1 saturated heterocycles. The first kappa shape index (κ1) is 16.6. The molecule has 0 aromatic heterocycles. The van der Waals surface area contributed by atoms with Gasteiger partial charge < -0.3 is 10.5 Å². The Morgan fingerprint density at radius 3 is 2.41 bits per heavy atom. The van der Waals surface area contributed by atoms with Gasteiger partial charge in [0.25, 0.3) is 11.8 Å². The van der Waals surface area contributed by atoms with E-state index in [0.29, 0.717) is 0 Å². The van der Waals surface area contributed by atoms with Crippen molar-refractivity contribution >= 4 is 15.9 Å². The molecule has 22 heavy (non-hydrogen) atoms. The number of hydrogen-bond acceptors (Lipinski definition) is 4. The highest BCUT2D eigenvalue weighted by Gasteiger charge is 2.38. The van der Waals surface area contributed by atoms with E-state index >= 15 is 0 Å². The molecule has 6 nitrogen and oxygen atoms in total. The van der Waals surface area contributed by atoms with Crippen LogP contribution < -0.4 is 10.5 Å². The molecule has 1 aromatic carbocycles. The topological polar surface area (TPSA) is 89.7 Å². The molecule has 0 radical (unpaired) electrons. The Kier molecular flexibility index (Phi) is 4.39. The highest BCUT2D eigenvalue weighted by Crippen LogP contribution is 2.31. The van der Waals surface area contributed by atoms with Crippen LogP contribution in [-0.2, 0) is 10.0 Å². The number of primary amides is 1. The molecule has 1 fully saturated rings. The number of ether oxygens (including phenoxy) is 1. The van der Waals surface area contributed by atoms with Crippen LogP contribution >= 0.6 is 0 Å². The summed E-state index contributed by atoms with van der Waals surface area (Å²) >= 11 is 0. The number of nitrogens with two attached hydrogens (primary N) is 1. The third kappa shape index (κ3) is 3.20. The summed E-state index contributed by atoms with van der Waals surface area (Å²) in [6, 6.07) is 3.67. The minimum atomic E-state index is -3.96. The molecule has 0 aliphatic carbocycles. The number of sulfonamides is 1. The molecule has 1 aliphatic rings. The van der Waals surface area contributed by atoms with Crippen LogP contribution in [0.25, 0.3) is 0 Å². The van der Waals surface area contributed by atoms with Gasteiger partial charge in [0.15, 0.2) is 0 Å². The maximum Gasteiger partial charge on any atom is 0.252 e. The Hall–Kier alpha value is -1.74. The zero-order valence-electron chi connectivity index (χ0n) is 11.9. The lowest BCUT2D eigenvalue weighted by Crippen LogP contribution is -2.42. The first-order valence-electron chi connectivity index (χ1n) is 6.53. The molecule has 9 heteroatoms. The van der Waals surface area contributed by atoms with Crippen molar-refractivity contribution in [3.63, 3.8) is 0 Å². The Morgan fingerprint density at radius 2 is 1.91 bits per heavy atom. The maximum atomic E-state index is 13.1. The standard InChI is InChI=1S/C13H16F2N2O4S/c1-21-11-3-2-9(8-10(11)12(16)18)22(19,20)17-6-4-13(14,15)5-7-17/h2-3,8H,4-7H2,1H3,(H2,16,18). The number of amides is 1. The highest BCUT2D eigenvalue weighted by molar-refractivity contribution is 7.89. The minimum Gasteiger partial charge on any atom is -0.496 e. The fraction of sp³-hybridized carbons (Fsp3) is 0.462. The van der Waals surface area contributed by atoms with Crippen molar-refractivity contribution in [2.24, 2.45) is 5.73 Å². The summed E-state index contributed by atoms with van der Waals surface area (Å²) in [7, 11) is -2.63. The number of rotatable bonds is 4. The predicted molar refractivity (Wildman–Crippen MR) is 74.5 cm³/mol. The molecular weight excluding hydrogens is 318 g/mol. The summed E-state index contributed by atoms with van der Waals surface area (Å²) in [4.78, 5) is 11.2. The molecule has 1 aliphatic heterocycles. The van der Waals surface area contributed by atoms with Gasteiger partial charge in [0.1, 0.15) is 5.75 Å². The fourth-order valence-electron chi connectivity index (χ4n) is 2.24. The molecule has 1 amide bonds. The Morgan fingerprint density at radius 1 is 1.32 bits per heavy atom. The zero-order chi connectivity index (χ0) is 16.5. The van der Waals surface area contributed by atoms with Crippen LogP contribution in [0.15, 0.2) is 23.1 Å². The van der Waals surface area contributed by atoms with E-state index < -0.39 is 34.7 Å². The van der Waals surface area contributed by atoms with Gasteiger partial charge >= 0.3 is 0 Å². The molecule has 0 bridgehead atoms. The number of nitrogens with zero attached hydrogens (tertiary/aromatic N) is 1. The van der Waals surface area contributed by atoms with Gasteiger partial charge in [-0.1, -0.05) is 0 Å². The lowest BCUT2D eigenvalue weighted by molar-refractivity contribution is -0.0412. The van der Waals surface area contributed by atoms with E-state index in [1.165, 1.54) is 19.2 Å². The Bertz CT molecular complexity index is 681. The van der Waals surface area contributed by atoms with Gasteiger partial charge in [-0.3, -0.25) is 4.79 Å². The zero-order valence-corrected chi connectivity index (χ0v) is 12.7. The Balaban J connectivity index is 2.34. The van der Waals surface area contributed by atoms with Gasteiger partial charge in [-0.2, -0.15) is 4.31 Å². The first-order valence-corrected chi connectivity index (χ1v) is 7.97. The average Bonchev–Trinajstić information content (AvgIpc) is 2.46. The average molecular weight is 334 g/mol. The van der Waals surface area contributed by atoms with Crippen LogP contribution in [0.5, 0.6) is 5.75 Å². The molecule has 1 aromatic rings. The van der Waals surface area contributed by atoms with E-state index in [9.17, 15) is 22.0 Å². The summed E-state index contributed by atoms with van der Waals surface area (Å²) in [5.74, 6) is -3.53. The lowest BCUT2D eigenvalue weighted by atomic mass is 10.1. The smallest absolute Gasteiger partial charge is 0.252 e. The second kappa shape index (κ2) is 5.81. The fourth-order valence-corrected chi connectivity index (χ4v) is 3.71. The van der Waals surface area contributed by atoms with E-state index in [0.717, 1.165) is 10.4 Å². The normalized spacial score (nSPS) is 18.9. The molecule has 2 rings (SSSR count). The molecule has 0 spiro atoms. The van der Waals surface area contributed by atoms with Gasteiger partial charge in [0.05, 0.1) is 17.6 Å². The highest BCUT2D eigenvalue weighted by atomic mass is 32.2. The second-order valence-corrected chi connectivity index (χ2v) is 6.92. The van der Waals surface area contributed by atoms with Crippen LogP contribution in [0, 0.1) is 0 Å². The monoisotopic (exact) mass is 334 g/mol. The summed E-state index contributed by atoms with van der Waals surface area (Å²) in [6.45, 7) is -0.541. The van der Waals surface area contributed by atoms with Gasteiger partial charge in [-0.15, -0.1) is 0 Å². The third-order valence-corrected chi connectivity index (χ3v) is 5.42. The number of carbonyl (C=O) groups excluding carboxylic acids is 1. The van der Waals surface area contributed by atoms with E-state index in [2.05, 4.69) is 0 Å². The van der Waals surface area contributed by atoms with E-state index in [4.69, 9.17) is 10.5 Å². The van der Waals surface area contributed by atoms with Gasteiger partial charge in [0.2, 0.25) is 10.0 Å². The van der Waals surface area contributed by atoms with Crippen molar-refractivity contribution in [1.29, 1.82) is 0 Å². The number of methoxy groups -OCH3 is 1. The van der Waals surface area contributed by atoms with Gasteiger partial charge in [-0.05, 0) is 18.2 Å². The minimum absolute atomic E-state index is 0.0779. The molecule has 0 saturated carbocycles. The molecule has 2 N–H and O–H groups in total. The molecule has 1 heterocycles. The second-order valence-electron chi connectivity index (χ2n) is 4.99. The molecule has 0 atom stereocenters. The van der Waals surface area contributed by atoms with Gasteiger partial charge in [0, 0.05) is 25.9 Å². The summed E-state index contributed by atoms with van der Waals surface area (Å²) in [5.41, 5.74) is 5.11. The SMILES string of the molecule is COc1ccc(S(=O)(=O)N2CCC(F)(F)CC2)cc1C(N)=O. The third-order valence-electron chi connectivity index (χ3n) is 3.53. The van der Waals surface area contributed by atoms with Crippen molar-refractivity contribution in [3.05, 3.63) is 23.8 Å². The summed E-state index contributed by atoms with van der Waals surface area (Å²) < 4.78 is 57.1. The molecular formula is C13H16F2N2O4S. The van der Waals surface area contributed by atoms with Gasteiger partial charge in [-0.25, -0.2) is 17.2 Å². The van der Waals surface area contributed by atoms with Crippen LogP contribution in [0.2, 0.25) is 0 Å². The van der Waals surface area contributed by atoms with E-state index in [1.807, 2.05) is 0 Å². The predicted octanol–water partition coefficient (Wildman–Crippen LogP) is 1.21. The van der Waals surface area contributed by atoms with Crippen LogP contribution in [0.3, 0.4) is 0 Å². The summed E-state index contributed by atoms with van der Waals surface area (Å²) in [5, 5.41) is 0. The van der Waals surface area contributed by atoms with Crippen molar-refractivity contribution in [2.75, 3.05) is 20.2 Å². The van der Waals surface area contributed by atoms with Crippen molar-refractivity contribution in [2.45, 2.75) is 23.7 Å². The van der Waals surface area contributed by atoms with Crippen molar-refractivity contribution in [1.82, 2.24) is 4.31 Å². The number of halogens is 2. The number of carbonyl (C=O) groups is 1. The number of hydrogen-bond donors (Lipinski definition) is 1. The van der Waals surface area contributed by atoms with E-state index in [1.54, 1.807) is 0 Å². The van der Waals surface area contributed by atoms with Crippen LogP contribution in [0.1, 0.15) is 23.2 Å². The molecule has 0 unspecified atom stereocenters. The summed E-state index contributed by atoms with van der Waals surface area (Å²) in [6.07, 6.45) is -1.05. The van der Waals surface area contributed by atoms with Crippen molar-refractivity contribution < 1.29 is 26.7 Å². The first-order chi connectivity index (χ1) is 10.2.